The Kier molecular flexibility index (Phi) is 4.68. The number of carbonyl (C=O) groups excluding carboxylic acids is 1. The van der Waals surface area contributed by atoms with Gasteiger partial charge in [-0.15, -0.1) is 0 Å². The molecule has 24 heavy (non-hydrogen) atoms. The number of nitrogens with one attached hydrogen (secondary N) is 1. The Balaban J connectivity index is 1.63. The molecule has 6 nitrogen and oxygen atoms in total. The number of hydrogen-bond donors (Lipinski definition) is 1. The molecule has 0 aliphatic carbocycles. The first-order valence-corrected chi connectivity index (χ1v) is 9.34. The molecule has 1 N–H and O–H groups in total. The van der Waals surface area contributed by atoms with Crippen LogP contribution in [0, 0.1) is 0 Å². The highest BCUT2D eigenvalue weighted by molar-refractivity contribution is 9.10. The van der Waals surface area contributed by atoms with Crippen LogP contribution in [0.5, 0.6) is 0 Å². The van der Waals surface area contributed by atoms with Crippen molar-refractivity contribution in [1.29, 1.82) is 0 Å². The molecule has 0 unspecified atom stereocenters. The van der Waals surface area contributed by atoms with Gasteiger partial charge in [-0.3, -0.25) is 9.71 Å². The quantitative estimate of drug-likeness (QED) is 0.621. The van der Waals surface area contributed by atoms with E-state index in [1.807, 2.05) is 6.07 Å². The number of rotatable bonds is 4. The molecule has 0 atom stereocenters. The van der Waals surface area contributed by atoms with Crippen LogP contribution in [0.3, 0.4) is 0 Å². The highest BCUT2D eigenvalue weighted by Crippen LogP contribution is 2.22. The highest BCUT2D eigenvalue weighted by atomic mass is 79.9. The van der Waals surface area contributed by atoms with Gasteiger partial charge in [0.15, 0.2) is 0 Å². The number of fused-ring (bicyclic) bond motifs is 1. The van der Waals surface area contributed by atoms with Crippen LogP contribution in [-0.2, 0) is 14.8 Å². The van der Waals surface area contributed by atoms with E-state index in [9.17, 15) is 13.2 Å². The van der Waals surface area contributed by atoms with E-state index >= 15 is 0 Å². The van der Waals surface area contributed by atoms with E-state index in [0.717, 1.165) is 4.47 Å². The smallest absolute Gasteiger partial charge is 0.338 e. The van der Waals surface area contributed by atoms with Crippen LogP contribution in [0.4, 0.5) is 0 Å². The maximum atomic E-state index is 11.9. The third kappa shape index (κ3) is 3.49. The van der Waals surface area contributed by atoms with Gasteiger partial charge in [-0.05, 0) is 30.3 Å². The SMILES string of the molecule is O=C(OCCN=C1NS(=O)(=O)c2ccccc21)c1cccc(Br)c1. The summed E-state index contributed by atoms with van der Waals surface area (Å²) in [5.41, 5.74) is 0.958. The number of carbonyl (C=O) groups is 1. The predicted octanol–water partition coefficient (Wildman–Crippen LogP) is 2.34. The Morgan fingerprint density at radius 2 is 1.96 bits per heavy atom. The van der Waals surface area contributed by atoms with Crippen molar-refractivity contribution >= 4 is 37.8 Å². The zero-order chi connectivity index (χ0) is 17.2. The third-order valence-electron chi connectivity index (χ3n) is 3.32. The van der Waals surface area contributed by atoms with Gasteiger partial charge in [-0.2, -0.15) is 0 Å². The number of amidine groups is 1. The molecular weight excluding hydrogens is 396 g/mol. The van der Waals surface area contributed by atoms with E-state index in [4.69, 9.17) is 4.74 Å². The van der Waals surface area contributed by atoms with Crippen LogP contribution in [0.2, 0.25) is 0 Å². The average Bonchev–Trinajstić information content (AvgIpc) is 2.83. The second-order valence-corrected chi connectivity index (χ2v) is 7.54. The van der Waals surface area contributed by atoms with Crippen molar-refractivity contribution in [1.82, 2.24) is 4.72 Å². The molecule has 0 saturated carbocycles. The number of nitrogens with zero attached hydrogens (tertiary/aromatic N) is 1. The summed E-state index contributed by atoms with van der Waals surface area (Å²) in [5, 5.41) is 0. The molecule has 0 bridgehead atoms. The normalized spacial score (nSPS) is 16.5. The lowest BCUT2D eigenvalue weighted by Gasteiger charge is -2.04. The standard InChI is InChI=1S/C16H13BrN2O4S/c17-12-5-3-4-11(10-12)16(20)23-9-8-18-15-13-6-1-2-7-14(13)24(21,22)19-15/h1-7,10H,8-9H2,(H,18,19). The summed E-state index contributed by atoms with van der Waals surface area (Å²) in [6, 6.07) is 13.5. The van der Waals surface area contributed by atoms with Gasteiger partial charge >= 0.3 is 5.97 Å². The number of benzene rings is 2. The molecule has 1 aliphatic heterocycles. The summed E-state index contributed by atoms with van der Waals surface area (Å²) in [6.45, 7) is 0.213. The van der Waals surface area contributed by atoms with Gasteiger partial charge in [-0.1, -0.05) is 34.1 Å². The average molecular weight is 409 g/mol. The van der Waals surface area contributed by atoms with Crippen LogP contribution in [0.25, 0.3) is 0 Å². The molecule has 0 spiro atoms. The van der Waals surface area contributed by atoms with Crippen molar-refractivity contribution in [3.05, 3.63) is 64.1 Å². The minimum atomic E-state index is -3.55. The molecule has 2 aromatic carbocycles. The summed E-state index contributed by atoms with van der Waals surface area (Å²) in [6.07, 6.45) is 0. The van der Waals surface area contributed by atoms with Gasteiger partial charge in [0, 0.05) is 10.0 Å². The number of aliphatic imine (C=N–C) groups is 1. The summed E-state index contributed by atoms with van der Waals surface area (Å²) in [4.78, 5) is 16.3. The van der Waals surface area contributed by atoms with Gasteiger partial charge in [-0.25, -0.2) is 13.2 Å². The van der Waals surface area contributed by atoms with Crippen molar-refractivity contribution in [2.75, 3.05) is 13.2 Å². The lowest BCUT2D eigenvalue weighted by molar-refractivity contribution is 0.0517. The Morgan fingerprint density at radius 1 is 1.17 bits per heavy atom. The Bertz CT molecular complexity index is 925. The fraction of sp³-hybridized carbons (Fsp3) is 0.125. The summed E-state index contributed by atoms with van der Waals surface area (Å²) in [5.74, 6) is -0.187. The molecule has 0 radical (unpaired) electrons. The van der Waals surface area contributed by atoms with Crippen LogP contribution in [0.15, 0.2) is 62.9 Å². The molecule has 2 aromatic rings. The molecular formula is C16H13BrN2O4S. The Labute approximate surface area is 147 Å². The largest absolute Gasteiger partial charge is 0.460 e. The summed E-state index contributed by atoms with van der Waals surface area (Å²) < 4.78 is 32.2. The third-order valence-corrected chi connectivity index (χ3v) is 5.21. The number of esters is 1. The predicted molar refractivity (Wildman–Crippen MR) is 92.6 cm³/mol. The van der Waals surface area contributed by atoms with Gasteiger partial charge in [0.2, 0.25) is 0 Å². The van der Waals surface area contributed by atoms with Crippen molar-refractivity contribution in [3.63, 3.8) is 0 Å². The van der Waals surface area contributed by atoms with Crippen LogP contribution in [0.1, 0.15) is 15.9 Å². The zero-order valence-corrected chi connectivity index (χ0v) is 14.8. The van der Waals surface area contributed by atoms with Crippen molar-refractivity contribution < 1.29 is 17.9 Å². The Hall–Kier alpha value is -2.19. The molecule has 1 aliphatic rings. The minimum absolute atomic E-state index is 0.0543. The van der Waals surface area contributed by atoms with Crippen molar-refractivity contribution in [2.45, 2.75) is 4.90 Å². The number of sulfonamides is 1. The maximum absolute atomic E-state index is 11.9. The van der Waals surface area contributed by atoms with E-state index in [1.54, 1.807) is 36.4 Å². The number of halogens is 1. The maximum Gasteiger partial charge on any atom is 0.338 e. The van der Waals surface area contributed by atoms with Crippen LogP contribution in [-0.4, -0.2) is 33.4 Å². The molecule has 0 aromatic heterocycles. The zero-order valence-electron chi connectivity index (χ0n) is 12.4. The number of ether oxygens (including phenoxy) is 1. The lowest BCUT2D eigenvalue weighted by Crippen LogP contribution is -2.23. The van der Waals surface area contributed by atoms with Gasteiger partial charge in [0.05, 0.1) is 17.0 Å². The monoisotopic (exact) mass is 408 g/mol. The second kappa shape index (κ2) is 6.74. The second-order valence-electron chi connectivity index (χ2n) is 4.98. The van der Waals surface area contributed by atoms with Crippen molar-refractivity contribution in [2.24, 2.45) is 4.99 Å². The van der Waals surface area contributed by atoms with Crippen LogP contribution < -0.4 is 4.72 Å². The highest BCUT2D eigenvalue weighted by Gasteiger charge is 2.29. The molecule has 0 fully saturated rings. The lowest BCUT2D eigenvalue weighted by atomic mass is 10.2. The topological polar surface area (TPSA) is 84.8 Å². The first-order chi connectivity index (χ1) is 11.5. The summed E-state index contributed by atoms with van der Waals surface area (Å²) in [7, 11) is -3.55. The van der Waals surface area contributed by atoms with Crippen LogP contribution >= 0.6 is 15.9 Å². The molecule has 8 heteroatoms. The fourth-order valence-corrected chi connectivity index (χ4v) is 3.90. The first kappa shape index (κ1) is 16.7. The van der Waals surface area contributed by atoms with E-state index < -0.39 is 16.0 Å². The van der Waals surface area contributed by atoms with Gasteiger partial charge < -0.3 is 4.74 Å². The van der Waals surface area contributed by atoms with Gasteiger partial charge in [0.1, 0.15) is 12.4 Å². The summed E-state index contributed by atoms with van der Waals surface area (Å²) >= 11 is 3.29. The van der Waals surface area contributed by atoms with E-state index in [-0.39, 0.29) is 23.9 Å². The molecule has 3 rings (SSSR count). The Morgan fingerprint density at radius 3 is 2.75 bits per heavy atom. The van der Waals surface area contributed by atoms with Crippen molar-refractivity contribution in [3.8, 4) is 0 Å². The number of hydrogen-bond acceptors (Lipinski definition) is 5. The first-order valence-electron chi connectivity index (χ1n) is 7.07. The van der Waals surface area contributed by atoms with E-state index in [2.05, 4.69) is 25.6 Å². The minimum Gasteiger partial charge on any atom is -0.460 e. The van der Waals surface area contributed by atoms with Gasteiger partial charge in [0.25, 0.3) is 10.0 Å². The molecule has 1 heterocycles. The molecule has 0 amide bonds. The van der Waals surface area contributed by atoms with E-state index in [1.165, 1.54) is 6.07 Å². The van der Waals surface area contributed by atoms with E-state index in [0.29, 0.717) is 11.1 Å². The fourth-order valence-electron chi connectivity index (χ4n) is 2.25. The molecule has 124 valence electrons. The molecule has 0 saturated heterocycles.